The van der Waals surface area contributed by atoms with E-state index in [1.54, 1.807) is 13.8 Å². The zero-order chi connectivity index (χ0) is 13.6. The number of halogens is 1. The van der Waals surface area contributed by atoms with Crippen LogP contribution in [0.2, 0.25) is 0 Å². The second-order valence-electron chi connectivity index (χ2n) is 4.34. The summed E-state index contributed by atoms with van der Waals surface area (Å²) in [7, 11) is 0. The lowest BCUT2D eigenvalue weighted by molar-refractivity contribution is -0.148. The highest BCUT2D eigenvalue weighted by molar-refractivity contribution is 9.10. The van der Waals surface area contributed by atoms with Crippen LogP contribution in [0.25, 0.3) is 0 Å². The normalized spacial score (nSPS) is 15.8. The molecule has 0 bridgehead atoms. The van der Waals surface area contributed by atoms with Gasteiger partial charge in [-0.1, -0.05) is 46.3 Å². The SMILES string of the molecule is CCOC(=O)[C@@](C)(Br)[C@@H](O)CCc1ccccc1. The van der Waals surface area contributed by atoms with E-state index in [9.17, 15) is 9.90 Å². The Labute approximate surface area is 116 Å². The first-order chi connectivity index (χ1) is 8.48. The molecule has 1 aromatic carbocycles. The van der Waals surface area contributed by atoms with Crippen LogP contribution in [0.15, 0.2) is 30.3 Å². The molecule has 1 aromatic rings. The minimum absolute atomic E-state index is 0.311. The zero-order valence-electron chi connectivity index (χ0n) is 10.7. The van der Waals surface area contributed by atoms with Crippen molar-refractivity contribution in [2.24, 2.45) is 0 Å². The summed E-state index contributed by atoms with van der Waals surface area (Å²) in [6.07, 6.45) is 0.449. The van der Waals surface area contributed by atoms with E-state index in [-0.39, 0.29) is 0 Å². The van der Waals surface area contributed by atoms with Gasteiger partial charge >= 0.3 is 5.97 Å². The number of carbonyl (C=O) groups excluding carboxylic acids is 1. The standard InChI is InChI=1S/C14H19BrO3/c1-3-18-13(17)14(2,15)12(16)10-9-11-7-5-4-6-8-11/h4-8,12,16H,3,9-10H2,1-2H3/t12-,14-/m0/s1. The van der Waals surface area contributed by atoms with Crippen molar-refractivity contribution in [3.8, 4) is 0 Å². The van der Waals surface area contributed by atoms with Crippen LogP contribution in [0.3, 0.4) is 0 Å². The van der Waals surface area contributed by atoms with Gasteiger partial charge in [0.25, 0.3) is 0 Å². The Balaban J connectivity index is 2.54. The number of esters is 1. The zero-order valence-corrected chi connectivity index (χ0v) is 12.3. The van der Waals surface area contributed by atoms with E-state index >= 15 is 0 Å². The molecular formula is C14H19BrO3. The maximum absolute atomic E-state index is 11.7. The molecule has 0 fully saturated rings. The summed E-state index contributed by atoms with van der Waals surface area (Å²) < 4.78 is 3.89. The van der Waals surface area contributed by atoms with Crippen LogP contribution >= 0.6 is 15.9 Å². The minimum atomic E-state index is -1.04. The van der Waals surface area contributed by atoms with Gasteiger partial charge in [-0.2, -0.15) is 0 Å². The van der Waals surface area contributed by atoms with Crippen LogP contribution in [0.4, 0.5) is 0 Å². The number of aliphatic hydroxyl groups excluding tert-OH is 1. The summed E-state index contributed by atoms with van der Waals surface area (Å²) >= 11 is 3.26. The predicted molar refractivity (Wildman–Crippen MR) is 74.7 cm³/mol. The molecule has 18 heavy (non-hydrogen) atoms. The Bertz CT molecular complexity index is 376. The smallest absolute Gasteiger partial charge is 0.325 e. The van der Waals surface area contributed by atoms with Crippen molar-refractivity contribution in [3.63, 3.8) is 0 Å². The number of hydrogen-bond donors (Lipinski definition) is 1. The Kier molecular flexibility index (Phi) is 5.82. The Morgan fingerprint density at radius 3 is 2.61 bits per heavy atom. The minimum Gasteiger partial charge on any atom is -0.465 e. The van der Waals surface area contributed by atoms with Crippen molar-refractivity contribution in [1.82, 2.24) is 0 Å². The van der Waals surface area contributed by atoms with Crippen molar-refractivity contribution < 1.29 is 14.6 Å². The molecule has 3 nitrogen and oxygen atoms in total. The maximum atomic E-state index is 11.7. The lowest BCUT2D eigenvalue weighted by Gasteiger charge is -2.26. The van der Waals surface area contributed by atoms with E-state index in [0.717, 1.165) is 12.0 Å². The first-order valence-corrected chi connectivity index (χ1v) is 6.86. The number of alkyl halides is 1. The predicted octanol–water partition coefficient (Wildman–Crippen LogP) is 2.70. The summed E-state index contributed by atoms with van der Waals surface area (Å²) in [6, 6.07) is 9.87. The highest BCUT2D eigenvalue weighted by Crippen LogP contribution is 2.27. The highest BCUT2D eigenvalue weighted by Gasteiger charge is 2.39. The molecule has 100 valence electrons. The van der Waals surface area contributed by atoms with E-state index in [0.29, 0.717) is 13.0 Å². The van der Waals surface area contributed by atoms with Gasteiger partial charge in [0.15, 0.2) is 0 Å². The van der Waals surface area contributed by atoms with Crippen LogP contribution in [-0.4, -0.2) is 28.1 Å². The van der Waals surface area contributed by atoms with E-state index in [4.69, 9.17) is 4.74 Å². The second kappa shape index (κ2) is 6.90. The number of ether oxygens (including phenoxy) is 1. The lowest BCUT2D eigenvalue weighted by Crippen LogP contribution is -2.42. The molecule has 0 unspecified atom stereocenters. The van der Waals surface area contributed by atoms with E-state index in [1.807, 2.05) is 30.3 Å². The van der Waals surface area contributed by atoms with Crippen LogP contribution in [0, 0.1) is 0 Å². The fourth-order valence-corrected chi connectivity index (χ4v) is 1.97. The third-order valence-electron chi connectivity index (χ3n) is 2.85. The Hall–Kier alpha value is -0.870. The monoisotopic (exact) mass is 314 g/mol. The number of aliphatic hydroxyl groups is 1. The molecule has 1 rings (SSSR count). The molecular weight excluding hydrogens is 296 g/mol. The maximum Gasteiger partial charge on any atom is 0.325 e. The van der Waals surface area contributed by atoms with Crippen LogP contribution < -0.4 is 0 Å². The summed E-state index contributed by atoms with van der Waals surface area (Å²) in [6.45, 7) is 3.70. The highest BCUT2D eigenvalue weighted by atomic mass is 79.9. The summed E-state index contributed by atoms with van der Waals surface area (Å²) in [5, 5.41) is 10.1. The Morgan fingerprint density at radius 2 is 2.06 bits per heavy atom. The number of hydrogen-bond acceptors (Lipinski definition) is 3. The summed E-state index contributed by atoms with van der Waals surface area (Å²) in [5.74, 6) is -0.425. The first-order valence-electron chi connectivity index (χ1n) is 6.06. The molecule has 4 heteroatoms. The van der Waals surface area contributed by atoms with E-state index < -0.39 is 16.4 Å². The number of carbonyl (C=O) groups is 1. The van der Waals surface area contributed by atoms with Crippen molar-refractivity contribution in [3.05, 3.63) is 35.9 Å². The third kappa shape index (κ3) is 4.10. The van der Waals surface area contributed by atoms with Crippen molar-refractivity contribution in [2.75, 3.05) is 6.61 Å². The molecule has 0 spiro atoms. The fraction of sp³-hybridized carbons (Fsp3) is 0.500. The van der Waals surface area contributed by atoms with Gasteiger partial charge in [0, 0.05) is 0 Å². The molecule has 0 aliphatic rings. The quantitative estimate of drug-likeness (QED) is 0.648. The van der Waals surface area contributed by atoms with Gasteiger partial charge in [-0.25, -0.2) is 0 Å². The van der Waals surface area contributed by atoms with Crippen molar-refractivity contribution >= 4 is 21.9 Å². The summed E-state index contributed by atoms with van der Waals surface area (Å²) in [4.78, 5) is 11.7. The third-order valence-corrected chi connectivity index (χ3v) is 3.70. The fourth-order valence-electron chi connectivity index (χ4n) is 1.63. The Morgan fingerprint density at radius 1 is 1.44 bits per heavy atom. The van der Waals surface area contributed by atoms with E-state index in [1.165, 1.54) is 0 Å². The molecule has 0 aromatic heterocycles. The van der Waals surface area contributed by atoms with Gasteiger partial charge in [-0.05, 0) is 32.3 Å². The average Bonchev–Trinajstić information content (AvgIpc) is 2.37. The van der Waals surface area contributed by atoms with Crippen LogP contribution in [0.1, 0.15) is 25.8 Å². The largest absolute Gasteiger partial charge is 0.465 e. The van der Waals surface area contributed by atoms with Gasteiger partial charge in [-0.3, -0.25) is 4.79 Å². The first kappa shape index (κ1) is 15.2. The van der Waals surface area contributed by atoms with Gasteiger partial charge < -0.3 is 9.84 Å². The van der Waals surface area contributed by atoms with Gasteiger partial charge in [0.2, 0.25) is 0 Å². The molecule has 0 aliphatic heterocycles. The molecule has 1 N–H and O–H groups in total. The van der Waals surface area contributed by atoms with Crippen LogP contribution in [-0.2, 0) is 16.0 Å². The molecule has 0 saturated heterocycles. The van der Waals surface area contributed by atoms with Gasteiger partial charge in [-0.15, -0.1) is 0 Å². The van der Waals surface area contributed by atoms with Gasteiger partial charge in [0.05, 0.1) is 12.7 Å². The topological polar surface area (TPSA) is 46.5 Å². The number of benzene rings is 1. The average molecular weight is 315 g/mol. The van der Waals surface area contributed by atoms with Gasteiger partial charge in [0.1, 0.15) is 4.32 Å². The number of rotatable bonds is 6. The molecule has 0 radical (unpaired) electrons. The molecule has 0 amide bonds. The molecule has 0 aliphatic carbocycles. The van der Waals surface area contributed by atoms with Crippen molar-refractivity contribution in [2.45, 2.75) is 37.1 Å². The van der Waals surface area contributed by atoms with Crippen molar-refractivity contribution in [1.29, 1.82) is 0 Å². The second-order valence-corrected chi connectivity index (χ2v) is 5.98. The van der Waals surface area contributed by atoms with Crippen LogP contribution in [0.5, 0.6) is 0 Å². The lowest BCUT2D eigenvalue weighted by atomic mass is 9.98. The van der Waals surface area contributed by atoms with E-state index in [2.05, 4.69) is 15.9 Å². The summed E-state index contributed by atoms with van der Waals surface area (Å²) in [5.41, 5.74) is 1.14. The molecule has 0 saturated carbocycles. The number of aryl methyl sites for hydroxylation is 1. The molecule has 0 heterocycles. The molecule has 2 atom stereocenters.